The monoisotopic (exact) mass is 398 g/mol. The Balaban J connectivity index is 3.75. The molecule has 0 aromatic rings. The Morgan fingerprint density at radius 1 is 0.500 bits per heavy atom. The van der Waals surface area contributed by atoms with Crippen molar-refractivity contribution in [3.8, 4) is 0 Å². The quantitative estimate of drug-likeness (QED) is 0.181. The first-order chi connectivity index (χ1) is 13.7. The van der Waals surface area contributed by atoms with E-state index in [9.17, 15) is 10.2 Å². The van der Waals surface area contributed by atoms with Crippen LogP contribution in [0.4, 0.5) is 0 Å². The van der Waals surface area contributed by atoms with Crippen molar-refractivity contribution in [3.05, 3.63) is 0 Å². The highest BCUT2D eigenvalue weighted by Gasteiger charge is 2.18. The van der Waals surface area contributed by atoms with E-state index < -0.39 is 0 Å². The van der Waals surface area contributed by atoms with Crippen molar-refractivity contribution >= 4 is 0 Å². The summed E-state index contributed by atoms with van der Waals surface area (Å²) in [4.78, 5) is 0. The number of aliphatic hydroxyl groups is 2. The predicted octanol–water partition coefficient (Wildman–Crippen LogP) is 8.04. The maximum Gasteiger partial charge on any atom is 0.0568 e. The number of rotatable bonds is 22. The summed E-state index contributed by atoms with van der Waals surface area (Å²) in [6.45, 7) is 7.12. The summed E-state index contributed by atoms with van der Waals surface area (Å²) in [6.07, 6.45) is 23.7. The van der Waals surface area contributed by atoms with Gasteiger partial charge in [0.2, 0.25) is 0 Å². The molecule has 0 saturated heterocycles. The largest absolute Gasteiger partial charge is 0.396 e. The molecule has 0 aliphatic heterocycles. The molecule has 2 heteroatoms. The molecule has 0 aromatic heterocycles. The van der Waals surface area contributed by atoms with Gasteiger partial charge in [0.15, 0.2) is 0 Å². The molecule has 3 unspecified atom stereocenters. The smallest absolute Gasteiger partial charge is 0.0568 e. The zero-order valence-corrected chi connectivity index (χ0v) is 19.8. The van der Waals surface area contributed by atoms with E-state index in [0.717, 1.165) is 6.42 Å². The van der Waals surface area contributed by atoms with E-state index in [0.29, 0.717) is 18.4 Å². The molecule has 170 valence electrons. The van der Waals surface area contributed by atoms with Gasteiger partial charge in [-0.25, -0.2) is 0 Å². The molecule has 0 aliphatic carbocycles. The van der Waals surface area contributed by atoms with Gasteiger partial charge in [-0.05, 0) is 43.9 Å². The van der Waals surface area contributed by atoms with Crippen molar-refractivity contribution in [1.82, 2.24) is 0 Å². The lowest BCUT2D eigenvalue weighted by molar-refractivity contribution is 0.0833. The molecule has 2 N–H and O–H groups in total. The third-order valence-corrected chi connectivity index (χ3v) is 6.49. The Labute approximate surface area is 177 Å². The van der Waals surface area contributed by atoms with Crippen molar-refractivity contribution in [1.29, 1.82) is 0 Å². The van der Waals surface area contributed by atoms with Crippen molar-refractivity contribution < 1.29 is 10.2 Å². The lowest BCUT2D eigenvalue weighted by Gasteiger charge is -2.23. The molecule has 0 aliphatic rings. The third kappa shape index (κ3) is 16.8. The Hall–Kier alpha value is -0.0800. The van der Waals surface area contributed by atoms with Crippen molar-refractivity contribution in [2.75, 3.05) is 6.61 Å². The highest BCUT2D eigenvalue weighted by atomic mass is 16.3. The molecule has 0 fully saturated rings. The zero-order chi connectivity index (χ0) is 20.9. The SMILES string of the molecule is CCCCCCC(CCCC)C(O)CCCCCCCCC(CO)CCCC. The van der Waals surface area contributed by atoms with Crippen LogP contribution in [0.2, 0.25) is 0 Å². The van der Waals surface area contributed by atoms with Gasteiger partial charge in [0.25, 0.3) is 0 Å². The van der Waals surface area contributed by atoms with Gasteiger partial charge in [0, 0.05) is 6.61 Å². The molecule has 0 radical (unpaired) electrons. The summed E-state index contributed by atoms with van der Waals surface area (Å²) in [5.74, 6) is 1.07. The van der Waals surface area contributed by atoms with E-state index in [1.54, 1.807) is 0 Å². The maximum absolute atomic E-state index is 10.7. The fourth-order valence-corrected chi connectivity index (χ4v) is 4.38. The summed E-state index contributed by atoms with van der Waals surface area (Å²) >= 11 is 0. The topological polar surface area (TPSA) is 40.5 Å². The first-order valence-electron chi connectivity index (χ1n) is 13.0. The predicted molar refractivity (Wildman–Crippen MR) is 125 cm³/mol. The number of unbranched alkanes of at least 4 members (excludes halogenated alkanes) is 10. The Bertz CT molecular complexity index is 292. The number of hydrogen-bond donors (Lipinski definition) is 2. The van der Waals surface area contributed by atoms with Crippen LogP contribution in [0, 0.1) is 11.8 Å². The van der Waals surface area contributed by atoms with Crippen LogP contribution in [-0.4, -0.2) is 22.9 Å². The molecule has 0 saturated carbocycles. The van der Waals surface area contributed by atoms with Gasteiger partial charge in [-0.15, -0.1) is 0 Å². The molecule has 3 atom stereocenters. The van der Waals surface area contributed by atoms with Crippen LogP contribution < -0.4 is 0 Å². The molecule has 0 aromatic carbocycles. The summed E-state index contributed by atoms with van der Waals surface area (Å²) in [7, 11) is 0. The average Bonchev–Trinajstić information content (AvgIpc) is 2.71. The average molecular weight is 399 g/mol. The van der Waals surface area contributed by atoms with Crippen molar-refractivity contribution in [2.45, 2.75) is 149 Å². The zero-order valence-electron chi connectivity index (χ0n) is 19.8. The normalized spacial score (nSPS) is 14.9. The van der Waals surface area contributed by atoms with E-state index in [1.807, 2.05) is 0 Å². The van der Waals surface area contributed by atoms with Gasteiger partial charge in [-0.2, -0.15) is 0 Å². The first kappa shape index (κ1) is 27.9. The Morgan fingerprint density at radius 3 is 1.54 bits per heavy atom. The van der Waals surface area contributed by atoms with Gasteiger partial charge in [0.1, 0.15) is 0 Å². The van der Waals surface area contributed by atoms with Crippen LogP contribution in [0.1, 0.15) is 143 Å². The lowest BCUT2D eigenvalue weighted by atomic mass is 9.87. The standard InChI is InChI=1S/C26H54O2/c1-4-7-10-16-21-25(20-9-6-3)26(28)22-17-14-12-11-13-15-19-24(23-27)18-8-5-2/h24-28H,4-23H2,1-3H3. The van der Waals surface area contributed by atoms with Crippen molar-refractivity contribution in [2.24, 2.45) is 11.8 Å². The van der Waals surface area contributed by atoms with E-state index in [-0.39, 0.29) is 6.10 Å². The second kappa shape index (κ2) is 21.6. The Morgan fingerprint density at radius 2 is 0.929 bits per heavy atom. The summed E-state index contributed by atoms with van der Waals surface area (Å²) < 4.78 is 0. The second-order valence-corrected chi connectivity index (χ2v) is 9.21. The molecule has 0 bridgehead atoms. The lowest BCUT2D eigenvalue weighted by Crippen LogP contribution is -2.20. The van der Waals surface area contributed by atoms with E-state index in [1.165, 1.54) is 116 Å². The van der Waals surface area contributed by atoms with Crippen LogP contribution in [0.3, 0.4) is 0 Å². The minimum absolute atomic E-state index is 0.0722. The minimum atomic E-state index is -0.0722. The molecule has 2 nitrogen and oxygen atoms in total. The van der Waals surface area contributed by atoms with Gasteiger partial charge >= 0.3 is 0 Å². The van der Waals surface area contributed by atoms with E-state index in [4.69, 9.17) is 0 Å². The summed E-state index contributed by atoms with van der Waals surface area (Å²) in [5.41, 5.74) is 0. The number of aliphatic hydroxyl groups excluding tert-OH is 2. The maximum atomic E-state index is 10.7. The molecular formula is C26H54O2. The van der Waals surface area contributed by atoms with Crippen LogP contribution in [0.15, 0.2) is 0 Å². The highest BCUT2D eigenvalue weighted by Crippen LogP contribution is 2.24. The number of hydrogen-bond acceptors (Lipinski definition) is 2. The fourth-order valence-electron chi connectivity index (χ4n) is 4.38. The summed E-state index contributed by atoms with van der Waals surface area (Å²) in [6, 6.07) is 0. The van der Waals surface area contributed by atoms with Crippen LogP contribution in [0.5, 0.6) is 0 Å². The Kier molecular flexibility index (Phi) is 21.6. The highest BCUT2D eigenvalue weighted by molar-refractivity contribution is 4.70. The van der Waals surface area contributed by atoms with Crippen LogP contribution in [-0.2, 0) is 0 Å². The molecule has 0 heterocycles. The van der Waals surface area contributed by atoms with Crippen LogP contribution in [0.25, 0.3) is 0 Å². The van der Waals surface area contributed by atoms with Crippen molar-refractivity contribution in [3.63, 3.8) is 0 Å². The van der Waals surface area contributed by atoms with E-state index >= 15 is 0 Å². The molecule has 28 heavy (non-hydrogen) atoms. The summed E-state index contributed by atoms with van der Waals surface area (Å²) in [5, 5.41) is 20.1. The second-order valence-electron chi connectivity index (χ2n) is 9.21. The molecule has 0 rings (SSSR count). The molecule has 0 amide bonds. The van der Waals surface area contributed by atoms with Gasteiger partial charge in [0.05, 0.1) is 6.10 Å². The van der Waals surface area contributed by atoms with Crippen LogP contribution >= 0.6 is 0 Å². The molecular weight excluding hydrogens is 344 g/mol. The fraction of sp³-hybridized carbons (Fsp3) is 1.00. The van der Waals surface area contributed by atoms with Gasteiger partial charge in [-0.3, -0.25) is 0 Å². The van der Waals surface area contributed by atoms with Gasteiger partial charge < -0.3 is 10.2 Å². The first-order valence-corrected chi connectivity index (χ1v) is 13.0. The molecule has 0 spiro atoms. The minimum Gasteiger partial charge on any atom is -0.396 e. The van der Waals surface area contributed by atoms with Gasteiger partial charge in [-0.1, -0.05) is 111 Å². The third-order valence-electron chi connectivity index (χ3n) is 6.49. The van der Waals surface area contributed by atoms with E-state index in [2.05, 4.69) is 20.8 Å².